The van der Waals surface area contributed by atoms with Crippen LogP contribution in [0.3, 0.4) is 0 Å². The van der Waals surface area contributed by atoms with Gasteiger partial charge in [0.15, 0.2) is 0 Å². The predicted octanol–water partition coefficient (Wildman–Crippen LogP) is 1.54. The quantitative estimate of drug-likeness (QED) is 0.362. The number of hydrogen-bond acceptors (Lipinski definition) is 3. The van der Waals surface area contributed by atoms with Crippen molar-refractivity contribution >= 4 is 0 Å². The molecule has 0 amide bonds. The van der Waals surface area contributed by atoms with Crippen LogP contribution in [-0.2, 0) is 4.74 Å². The average molecular weight is 188 g/mol. The Kier molecular flexibility index (Phi) is 7.23. The third kappa shape index (κ3) is 5.24. The monoisotopic (exact) mass is 188 g/mol. The maximum Gasteiger partial charge on any atom is 0.0635 e. The normalized spacial score (nSPS) is 16.2. The fourth-order valence-corrected chi connectivity index (χ4v) is 1.17. The average Bonchev–Trinajstić information content (AvgIpc) is 2.11. The first-order chi connectivity index (χ1) is 6.13. The van der Waals surface area contributed by atoms with Gasteiger partial charge in [0.25, 0.3) is 0 Å². The fourth-order valence-electron chi connectivity index (χ4n) is 1.17. The Bertz CT molecular complexity index is 117. The van der Waals surface area contributed by atoms with E-state index >= 15 is 0 Å². The molecule has 0 aromatic heterocycles. The summed E-state index contributed by atoms with van der Waals surface area (Å²) < 4.78 is 5.46. The summed E-state index contributed by atoms with van der Waals surface area (Å²) in [7, 11) is 0. The lowest BCUT2D eigenvalue weighted by Crippen LogP contribution is -2.44. The second-order valence-corrected chi connectivity index (χ2v) is 3.95. The molecule has 0 aromatic rings. The van der Waals surface area contributed by atoms with Crippen LogP contribution < -0.4 is 11.3 Å². The van der Waals surface area contributed by atoms with Crippen LogP contribution in [0, 0.1) is 11.8 Å². The van der Waals surface area contributed by atoms with Gasteiger partial charge < -0.3 is 4.74 Å². The highest BCUT2D eigenvalue weighted by Crippen LogP contribution is 2.14. The van der Waals surface area contributed by atoms with Crippen molar-refractivity contribution < 1.29 is 4.74 Å². The number of ether oxygens (including phenoxy) is 1. The molecule has 0 fully saturated rings. The van der Waals surface area contributed by atoms with Gasteiger partial charge in [-0.25, -0.2) is 0 Å². The summed E-state index contributed by atoms with van der Waals surface area (Å²) in [4.78, 5) is 0. The van der Waals surface area contributed by atoms with Crippen molar-refractivity contribution in [3.05, 3.63) is 0 Å². The summed E-state index contributed by atoms with van der Waals surface area (Å²) in [6, 6.07) is 0.270. The third-order valence-corrected chi connectivity index (χ3v) is 2.55. The van der Waals surface area contributed by atoms with Crippen molar-refractivity contribution in [3.8, 4) is 0 Å². The standard InChI is InChI=1S/C10H24N2O/c1-5-6-13-7-10(12-11)9(4)8(2)3/h8-10,12H,5-7,11H2,1-4H3. The lowest BCUT2D eigenvalue weighted by molar-refractivity contribution is 0.0875. The molecule has 0 aliphatic carbocycles. The lowest BCUT2D eigenvalue weighted by atomic mass is 9.91. The van der Waals surface area contributed by atoms with Gasteiger partial charge in [0, 0.05) is 12.6 Å². The summed E-state index contributed by atoms with van der Waals surface area (Å²) >= 11 is 0. The van der Waals surface area contributed by atoms with E-state index in [-0.39, 0.29) is 6.04 Å². The minimum absolute atomic E-state index is 0.270. The molecular formula is C10H24N2O. The van der Waals surface area contributed by atoms with E-state index in [0.717, 1.165) is 13.0 Å². The molecule has 2 unspecified atom stereocenters. The van der Waals surface area contributed by atoms with Crippen LogP contribution in [0.1, 0.15) is 34.1 Å². The zero-order valence-electron chi connectivity index (χ0n) is 9.34. The van der Waals surface area contributed by atoms with Crippen LogP contribution in [0.5, 0.6) is 0 Å². The minimum atomic E-state index is 0.270. The van der Waals surface area contributed by atoms with Crippen molar-refractivity contribution in [2.45, 2.75) is 40.2 Å². The topological polar surface area (TPSA) is 47.3 Å². The summed E-state index contributed by atoms with van der Waals surface area (Å²) in [6.45, 7) is 10.2. The molecule has 0 radical (unpaired) electrons. The van der Waals surface area contributed by atoms with Gasteiger partial charge in [-0.3, -0.25) is 11.3 Å². The number of nitrogens with one attached hydrogen (secondary N) is 1. The van der Waals surface area contributed by atoms with Crippen molar-refractivity contribution in [3.63, 3.8) is 0 Å². The zero-order chi connectivity index (χ0) is 10.3. The molecular weight excluding hydrogens is 164 g/mol. The summed E-state index contributed by atoms with van der Waals surface area (Å²) in [5.41, 5.74) is 2.82. The first kappa shape index (κ1) is 12.9. The molecule has 0 spiro atoms. The van der Waals surface area contributed by atoms with E-state index in [1.807, 2.05) is 0 Å². The van der Waals surface area contributed by atoms with Crippen LogP contribution in [0.2, 0.25) is 0 Å². The molecule has 0 rings (SSSR count). The molecule has 0 saturated heterocycles. The predicted molar refractivity (Wildman–Crippen MR) is 56.2 cm³/mol. The van der Waals surface area contributed by atoms with Crippen molar-refractivity contribution in [1.82, 2.24) is 5.43 Å². The molecule has 2 atom stereocenters. The molecule has 0 heterocycles. The van der Waals surface area contributed by atoms with E-state index in [1.54, 1.807) is 0 Å². The first-order valence-corrected chi connectivity index (χ1v) is 5.17. The highest BCUT2D eigenvalue weighted by Gasteiger charge is 2.18. The van der Waals surface area contributed by atoms with Gasteiger partial charge in [-0.1, -0.05) is 27.7 Å². The summed E-state index contributed by atoms with van der Waals surface area (Å²) in [5.74, 6) is 6.64. The number of hydrogen-bond donors (Lipinski definition) is 2. The summed E-state index contributed by atoms with van der Waals surface area (Å²) in [6.07, 6.45) is 1.06. The molecule has 0 saturated carbocycles. The lowest BCUT2D eigenvalue weighted by Gasteiger charge is -2.25. The Labute approximate surface area is 82.0 Å². The van der Waals surface area contributed by atoms with Gasteiger partial charge in [0.05, 0.1) is 6.61 Å². The number of rotatable bonds is 7. The number of hydrazine groups is 1. The SMILES string of the molecule is CCCOCC(NN)C(C)C(C)C. The van der Waals surface area contributed by atoms with Crippen LogP contribution in [0.15, 0.2) is 0 Å². The Morgan fingerprint density at radius 1 is 1.31 bits per heavy atom. The maximum atomic E-state index is 5.46. The van der Waals surface area contributed by atoms with Gasteiger partial charge in [-0.05, 0) is 18.3 Å². The van der Waals surface area contributed by atoms with E-state index in [1.165, 1.54) is 0 Å². The molecule has 13 heavy (non-hydrogen) atoms. The Morgan fingerprint density at radius 3 is 2.31 bits per heavy atom. The zero-order valence-corrected chi connectivity index (χ0v) is 9.34. The second-order valence-electron chi connectivity index (χ2n) is 3.95. The van der Waals surface area contributed by atoms with Crippen LogP contribution in [0.4, 0.5) is 0 Å². The van der Waals surface area contributed by atoms with Gasteiger partial charge in [0.2, 0.25) is 0 Å². The molecule has 0 aliphatic rings. The van der Waals surface area contributed by atoms with Crippen LogP contribution >= 0.6 is 0 Å². The van der Waals surface area contributed by atoms with Gasteiger partial charge in [0.1, 0.15) is 0 Å². The molecule has 0 bridgehead atoms. The molecule has 0 aromatic carbocycles. The van der Waals surface area contributed by atoms with Crippen molar-refractivity contribution in [2.75, 3.05) is 13.2 Å². The number of nitrogens with two attached hydrogens (primary N) is 1. The molecule has 3 heteroatoms. The van der Waals surface area contributed by atoms with Gasteiger partial charge in [-0.2, -0.15) is 0 Å². The molecule has 3 nitrogen and oxygen atoms in total. The van der Waals surface area contributed by atoms with Crippen LogP contribution in [-0.4, -0.2) is 19.3 Å². The summed E-state index contributed by atoms with van der Waals surface area (Å²) in [5, 5.41) is 0. The highest BCUT2D eigenvalue weighted by molar-refractivity contribution is 4.72. The minimum Gasteiger partial charge on any atom is -0.380 e. The first-order valence-electron chi connectivity index (χ1n) is 5.17. The van der Waals surface area contributed by atoms with E-state index in [0.29, 0.717) is 18.4 Å². The van der Waals surface area contributed by atoms with Crippen molar-refractivity contribution in [1.29, 1.82) is 0 Å². The van der Waals surface area contributed by atoms with Crippen LogP contribution in [0.25, 0.3) is 0 Å². The Hall–Kier alpha value is -0.120. The smallest absolute Gasteiger partial charge is 0.0635 e. The third-order valence-electron chi connectivity index (χ3n) is 2.55. The van der Waals surface area contributed by atoms with E-state index in [9.17, 15) is 0 Å². The second kappa shape index (κ2) is 7.30. The van der Waals surface area contributed by atoms with E-state index in [4.69, 9.17) is 10.6 Å². The van der Waals surface area contributed by atoms with Crippen molar-refractivity contribution in [2.24, 2.45) is 17.7 Å². The van der Waals surface area contributed by atoms with E-state index in [2.05, 4.69) is 33.1 Å². The fraction of sp³-hybridized carbons (Fsp3) is 1.00. The maximum absolute atomic E-state index is 5.46. The van der Waals surface area contributed by atoms with E-state index < -0.39 is 0 Å². The Morgan fingerprint density at radius 2 is 1.92 bits per heavy atom. The van der Waals surface area contributed by atoms with Gasteiger partial charge in [-0.15, -0.1) is 0 Å². The molecule has 3 N–H and O–H groups in total. The Balaban J connectivity index is 3.73. The molecule has 0 aliphatic heterocycles. The molecule has 80 valence electrons. The van der Waals surface area contributed by atoms with Gasteiger partial charge >= 0.3 is 0 Å². The largest absolute Gasteiger partial charge is 0.380 e. The highest BCUT2D eigenvalue weighted by atomic mass is 16.5.